The monoisotopic (exact) mass is 316 g/mol. The van der Waals surface area contributed by atoms with E-state index in [-0.39, 0.29) is 17.1 Å². The first kappa shape index (κ1) is 14.9. The average Bonchev–Trinajstić information content (AvgIpc) is 2.74. The molecule has 0 aliphatic carbocycles. The highest BCUT2D eigenvalue weighted by molar-refractivity contribution is 7.92. The molecule has 7 nitrogen and oxygen atoms in total. The number of rotatable bonds is 4. The molecule has 2 rings (SSSR count). The van der Waals surface area contributed by atoms with Crippen LogP contribution in [0.1, 0.15) is 16.2 Å². The largest absolute Gasteiger partial charge is 0.364 e. The number of primary amides is 1. The molecule has 0 aliphatic rings. The van der Waals surface area contributed by atoms with Crippen LogP contribution >= 0.6 is 0 Å². The number of aromatic amines is 1. The summed E-state index contributed by atoms with van der Waals surface area (Å²) in [6.45, 7) is 1.43. The van der Waals surface area contributed by atoms with Crippen molar-refractivity contribution in [3.05, 3.63) is 41.2 Å². The fourth-order valence-corrected chi connectivity index (χ4v) is 2.83. The first-order valence-corrected chi connectivity index (χ1v) is 7.04. The van der Waals surface area contributed by atoms with Gasteiger partial charge in [0.2, 0.25) is 0 Å². The van der Waals surface area contributed by atoms with Gasteiger partial charge < -0.3 is 5.73 Å². The number of carbonyl (C=O) groups is 1. The number of carbonyl (C=O) groups excluding carboxylic acids is 1. The van der Waals surface area contributed by atoms with Crippen LogP contribution in [0.2, 0.25) is 0 Å². The number of anilines is 1. The van der Waals surface area contributed by atoms with E-state index in [1.165, 1.54) is 6.92 Å². The van der Waals surface area contributed by atoms with E-state index >= 15 is 0 Å². The summed E-state index contributed by atoms with van der Waals surface area (Å²) in [6, 6.07) is 2.72. The van der Waals surface area contributed by atoms with Crippen LogP contribution in [0.5, 0.6) is 0 Å². The maximum absolute atomic E-state index is 13.6. The predicted molar refractivity (Wildman–Crippen MR) is 69.0 cm³/mol. The minimum Gasteiger partial charge on any atom is -0.364 e. The third-order valence-corrected chi connectivity index (χ3v) is 3.99. The number of hydrogen-bond donors (Lipinski definition) is 3. The highest BCUT2D eigenvalue weighted by Crippen LogP contribution is 2.24. The third-order valence-electron chi connectivity index (χ3n) is 2.62. The minimum atomic E-state index is -4.45. The second kappa shape index (κ2) is 5.13. The number of benzene rings is 1. The minimum absolute atomic E-state index is 0.198. The van der Waals surface area contributed by atoms with Crippen molar-refractivity contribution < 1.29 is 22.0 Å². The quantitative estimate of drug-likeness (QED) is 0.776. The van der Waals surface area contributed by atoms with Gasteiger partial charge in [-0.2, -0.15) is 5.10 Å². The molecule has 1 aromatic carbocycles. The first-order valence-electron chi connectivity index (χ1n) is 5.55. The van der Waals surface area contributed by atoms with Crippen LogP contribution in [-0.4, -0.2) is 24.5 Å². The Morgan fingerprint density at radius 1 is 1.38 bits per heavy atom. The van der Waals surface area contributed by atoms with Gasteiger partial charge in [0, 0.05) is 0 Å². The molecule has 1 heterocycles. The van der Waals surface area contributed by atoms with Gasteiger partial charge in [0.15, 0.2) is 17.3 Å². The summed E-state index contributed by atoms with van der Waals surface area (Å²) in [5.41, 5.74) is 4.68. The van der Waals surface area contributed by atoms with Gasteiger partial charge in [-0.05, 0) is 19.1 Å². The van der Waals surface area contributed by atoms with Gasteiger partial charge in [0.1, 0.15) is 10.6 Å². The van der Waals surface area contributed by atoms with Gasteiger partial charge in [0.05, 0.1) is 5.69 Å². The molecule has 0 spiro atoms. The summed E-state index contributed by atoms with van der Waals surface area (Å²) in [5.74, 6) is -3.81. The Balaban J connectivity index is 2.50. The van der Waals surface area contributed by atoms with Gasteiger partial charge in [-0.1, -0.05) is 6.07 Å². The number of aryl methyl sites for hydroxylation is 1. The van der Waals surface area contributed by atoms with Gasteiger partial charge in [0.25, 0.3) is 15.9 Å². The van der Waals surface area contributed by atoms with E-state index in [0.717, 1.165) is 18.2 Å². The van der Waals surface area contributed by atoms with Crippen molar-refractivity contribution >= 4 is 21.6 Å². The van der Waals surface area contributed by atoms with Crippen LogP contribution < -0.4 is 10.5 Å². The van der Waals surface area contributed by atoms with Gasteiger partial charge in [-0.3, -0.25) is 14.6 Å². The second-order valence-corrected chi connectivity index (χ2v) is 5.74. The molecular formula is C11H10F2N4O3S. The molecule has 0 aliphatic heterocycles. The lowest BCUT2D eigenvalue weighted by molar-refractivity contribution is 0.0996. The summed E-state index contributed by atoms with van der Waals surface area (Å²) < 4.78 is 52.8. The van der Waals surface area contributed by atoms with Crippen molar-refractivity contribution in [1.82, 2.24) is 10.2 Å². The molecule has 0 saturated heterocycles. The molecule has 0 bridgehead atoms. The number of nitrogens with one attached hydrogen (secondary N) is 2. The van der Waals surface area contributed by atoms with E-state index in [4.69, 9.17) is 5.73 Å². The number of nitrogens with two attached hydrogens (primary N) is 1. The number of nitrogens with zero attached hydrogens (tertiary/aromatic N) is 1. The van der Waals surface area contributed by atoms with Crippen LogP contribution in [0.4, 0.5) is 14.5 Å². The second-order valence-electron chi connectivity index (χ2n) is 4.09. The molecule has 1 amide bonds. The zero-order valence-corrected chi connectivity index (χ0v) is 11.5. The molecular weight excluding hydrogens is 306 g/mol. The average molecular weight is 316 g/mol. The molecule has 1 aromatic heterocycles. The van der Waals surface area contributed by atoms with E-state index in [1.807, 2.05) is 4.72 Å². The lowest BCUT2D eigenvalue weighted by atomic mass is 10.3. The molecule has 0 fully saturated rings. The van der Waals surface area contributed by atoms with Gasteiger partial charge in [-0.25, -0.2) is 17.2 Å². The topological polar surface area (TPSA) is 118 Å². The summed E-state index contributed by atoms with van der Waals surface area (Å²) in [4.78, 5) is 10.3. The molecule has 21 heavy (non-hydrogen) atoms. The predicted octanol–water partition coefficient (Wildman–Crippen LogP) is 0.896. The normalized spacial score (nSPS) is 11.4. The lowest BCUT2D eigenvalue weighted by Gasteiger charge is -2.09. The number of amides is 1. The number of H-pyrrole nitrogens is 1. The summed E-state index contributed by atoms with van der Waals surface area (Å²) in [5, 5.41) is 5.91. The maximum atomic E-state index is 13.6. The van der Waals surface area contributed by atoms with Gasteiger partial charge >= 0.3 is 0 Å². The Labute approximate surface area is 118 Å². The standard InChI is InChI=1S/C11H10F2N4O3S/c1-5-9(10(11(14)18)16-15-5)17-21(19,20)7-4-2-3-6(12)8(7)13/h2-4,17H,1H3,(H2,14,18)(H,15,16). The van der Waals surface area contributed by atoms with Crippen LogP contribution in [0.3, 0.4) is 0 Å². The molecule has 0 saturated carbocycles. The summed E-state index contributed by atoms with van der Waals surface area (Å²) in [7, 11) is -4.45. The van der Waals surface area contributed by atoms with Crippen molar-refractivity contribution in [3.63, 3.8) is 0 Å². The summed E-state index contributed by atoms with van der Waals surface area (Å²) >= 11 is 0. The Bertz CT molecular complexity index is 817. The molecule has 4 N–H and O–H groups in total. The highest BCUT2D eigenvalue weighted by atomic mass is 32.2. The number of aromatic nitrogens is 2. The fraction of sp³-hybridized carbons (Fsp3) is 0.0909. The molecule has 112 valence electrons. The maximum Gasteiger partial charge on any atom is 0.271 e. The van der Waals surface area contributed by atoms with Crippen LogP contribution in [-0.2, 0) is 10.0 Å². The zero-order valence-electron chi connectivity index (χ0n) is 10.6. The van der Waals surface area contributed by atoms with Crippen molar-refractivity contribution in [1.29, 1.82) is 0 Å². The van der Waals surface area contributed by atoms with Crippen LogP contribution in [0, 0.1) is 18.6 Å². The van der Waals surface area contributed by atoms with E-state index < -0.39 is 32.5 Å². The molecule has 10 heteroatoms. The van der Waals surface area contributed by atoms with Crippen molar-refractivity contribution in [3.8, 4) is 0 Å². The van der Waals surface area contributed by atoms with Crippen molar-refractivity contribution in [2.45, 2.75) is 11.8 Å². The number of halogens is 2. The molecule has 0 radical (unpaired) electrons. The Kier molecular flexibility index (Phi) is 3.64. The highest BCUT2D eigenvalue weighted by Gasteiger charge is 2.25. The van der Waals surface area contributed by atoms with E-state index in [0.29, 0.717) is 0 Å². The molecule has 0 atom stereocenters. The van der Waals surface area contributed by atoms with E-state index in [9.17, 15) is 22.0 Å². The molecule has 2 aromatic rings. The van der Waals surface area contributed by atoms with Crippen molar-refractivity contribution in [2.75, 3.05) is 4.72 Å². The zero-order chi connectivity index (χ0) is 15.8. The van der Waals surface area contributed by atoms with Crippen LogP contribution in [0.15, 0.2) is 23.1 Å². The Hall–Kier alpha value is -2.49. The number of hydrogen-bond acceptors (Lipinski definition) is 4. The first-order chi connectivity index (χ1) is 9.74. The Morgan fingerprint density at radius 2 is 2.05 bits per heavy atom. The third kappa shape index (κ3) is 2.70. The van der Waals surface area contributed by atoms with Gasteiger partial charge in [-0.15, -0.1) is 0 Å². The van der Waals surface area contributed by atoms with E-state index in [2.05, 4.69) is 10.2 Å². The smallest absolute Gasteiger partial charge is 0.271 e. The SMILES string of the molecule is Cc1[nH]nc(C(N)=O)c1NS(=O)(=O)c1cccc(F)c1F. The van der Waals surface area contributed by atoms with Crippen LogP contribution in [0.25, 0.3) is 0 Å². The summed E-state index contributed by atoms with van der Waals surface area (Å²) in [6.07, 6.45) is 0. The number of sulfonamides is 1. The van der Waals surface area contributed by atoms with E-state index in [1.54, 1.807) is 0 Å². The fourth-order valence-electron chi connectivity index (χ4n) is 1.61. The molecule has 0 unspecified atom stereocenters. The van der Waals surface area contributed by atoms with Crippen molar-refractivity contribution in [2.24, 2.45) is 5.73 Å². The Morgan fingerprint density at radius 3 is 2.67 bits per heavy atom. The lowest BCUT2D eigenvalue weighted by Crippen LogP contribution is -2.19.